The van der Waals surface area contributed by atoms with Gasteiger partial charge in [0.25, 0.3) is 23.6 Å². The highest BCUT2D eigenvalue weighted by molar-refractivity contribution is 6.02. The van der Waals surface area contributed by atoms with Gasteiger partial charge < -0.3 is 19.3 Å². The van der Waals surface area contributed by atoms with E-state index in [1.807, 2.05) is 0 Å². The average Bonchev–Trinajstić information content (AvgIpc) is 3.25. The normalized spacial score (nSPS) is 15.4. The predicted molar refractivity (Wildman–Crippen MR) is 114 cm³/mol. The summed E-state index contributed by atoms with van der Waals surface area (Å²) in [4.78, 5) is 105. The molecule has 14 heteroatoms. The van der Waals surface area contributed by atoms with Crippen LogP contribution in [-0.4, -0.2) is 81.2 Å². The van der Waals surface area contributed by atoms with E-state index in [2.05, 4.69) is 11.8 Å². The van der Waals surface area contributed by atoms with Gasteiger partial charge in [-0.3, -0.25) is 24.0 Å². The van der Waals surface area contributed by atoms with Crippen molar-refractivity contribution in [2.45, 2.75) is 64.9 Å². The van der Waals surface area contributed by atoms with E-state index >= 15 is 0 Å². The van der Waals surface area contributed by atoms with Gasteiger partial charge in [0.15, 0.2) is 0 Å². The molecule has 0 aromatic heterocycles. The molecule has 0 unspecified atom stereocenters. The van der Waals surface area contributed by atoms with Crippen molar-refractivity contribution in [2.75, 3.05) is 13.1 Å². The van der Waals surface area contributed by atoms with Crippen molar-refractivity contribution in [3.05, 3.63) is 0 Å². The maximum atomic E-state index is 12.7. The lowest BCUT2D eigenvalue weighted by molar-refractivity contribution is -0.201. The molecule has 2 saturated heterocycles. The Balaban J connectivity index is 2.02. The van der Waals surface area contributed by atoms with Crippen molar-refractivity contribution in [3.63, 3.8) is 0 Å². The minimum Gasteiger partial charge on any atom is -0.450 e. The van der Waals surface area contributed by atoms with Crippen LogP contribution >= 0.6 is 0 Å². The Morgan fingerprint density at radius 3 is 1.61 bits per heavy atom. The van der Waals surface area contributed by atoms with Crippen molar-refractivity contribution >= 4 is 47.4 Å². The zero-order valence-electron chi connectivity index (χ0n) is 20.0. The summed E-state index contributed by atoms with van der Waals surface area (Å²) in [7, 11) is 0. The number of hydrogen-bond acceptors (Lipinski definition) is 11. The molecule has 0 N–H and O–H groups in total. The lowest BCUT2D eigenvalue weighted by Gasteiger charge is -2.22. The molecule has 0 aromatic rings. The lowest BCUT2D eigenvalue weighted by Crippen LogP contribution is -2.44. The minimum absolute atomic E-state index is 0.144. The van der Waals surface area contributed by atoms with Gasteiger partial charge in [-0.1, -0.05) is 5.92 Å². The number of nitrogens with zero attached hydrogens (tertiary/aromatic N) is 3. The number of carbonyl (C=O) groups excluding carboxylic acids is 8. The summed E-state index contributed by atoms with van der Waals surface area (Å²) in [5, 5.41) is 0.550. The Bertz CT molecular complexity index is 964. The number of rotatable bonds is 8. The monoisotopic (exact) mass is 507 g/mol. The highest BCUT2D eigenvalue weighted by atomic mass is 16.7. The Morgan fingerprint density at radius 2 is 1.22 bits per heavy atom. The third-order valence-corrected chi connectivity index (χ3v) is 4.44. The topological polar surface area (TPSA) is 174 Å². The molecular formula is C22H25N3O11. The molecule has 0 aliphatic carbocycles. The first kappa shape index (κ1) is 28.0. The molecule has 0 spiro atoms. The van der Waals surface area contributed by atoms with Crippen LogP contribution in [0.3, 0.4) is 0 Å². The average molecular weight is 507 g/mol. The fourth-order valence-corrected chi connectivity index (χ4v) is 2.89. The molecule has 2 rings (SSSR count). The van der Waals surface area contributed by atoms with Crippen LogP contribution < -0.4 is 0 Å². The smallest absolute Gasteiger partial charge is 0.384 e. The number of hydrogen-bond donors (Lipinski definition) is 0. The minimum atomic E-state index is -1.20. The zero-order chi connectivity index (χ0) is 27.0. The van der Waals surface area contributed by atoms with E-state index < -0.39 is 66.1 Å². The number of ether oxygens (including phenoxy) is 1. The largest absolute Gasteiger partial charge is 0.450 e. The number of hydroxylamine groups is 4. The van der Waals surface area contributed by atoms with Crippen LogP contribution in [0.2, 0.25) is 0 Å². The number of carbonyl (C=O) groups is 8. The summed E-state index contributed by atoms with van der Waals surface area (Å²) in [6, 6.07) is 0. The van der Waals surface area contributed by atoms with Gasteiger partial charge >= 0.3 is 17.9 Å². The van der Waals surface area contributed by atoms with E-state index in [0.717, 1.165) is 0 Å². The molecule has 2 aliphatic heterocycles. The SMILES string of the molecule is CC(C)(C)OC(=O)C#CCCC(=O)N(CC(=O)ON1C(=O)CCC1=O)CC(=O)ON1C(=O)CCC1=O. The van der Waals surface area contributed by atoms with Gasteiger partial charge in [0.2, 0.25) is 5.91 Å². The lowest BCUT2D eigenvalue weighted by atomic mass is 10.2. The van der Waals surface area contributed by atoms with Crippen LogP contribution in [0.1, 0.15) is 59.3 Å². The summed E-state index contributed by atoms with van der Waals surface area (Å²) in [5.41, 5.74) is -0.755. The van der Waals surface area contributed by atoms with E-state index in [1.54, 1.807) is 20.8 Å². The van der Waals surface area contributed by atoms with Crippen molar-refractivity contribution in [3.8, 4) is 11.8 Å². The summed E-state index contributed by atoms with van der Waals surface area (Å²) in [5.74, 6) is -2.34. The van der Waals surface area contributed by atoms with Crippen LogP contribution in [0.5, 0.6) is 0 Å². The molecule has 2 heterocycles. The van der Waals surface area contributed by atoms with Gasteiger partial charge in [-0.15, -0.1) is 10.1 Å². The second-order valence-corrected chi connectivity index (χ2v) is 8.64. The van der Waals surface area contributed by atoms with Crippen LogP contribution in [0, 0.1) is 11.8 Å². The molecule has 5 amide bonds. The van der Waals surface area contributed by atoms with Gasteiger partial charge in [0.05, 0.1) is 0 Å². The quantitative estimate of drug-likeness (QED) is 0.173. The summed E-state index contributed by atoms with van der Waals surface area (Å²) >= 11 is 0. The van der Waals surface area contributed by atoms with Crippen LogP contribution in [0.4, 0.5) is 0 Å². The molecule has 2 aliphatic rings. The zero-order valence-corrected chi connectivity index (χ0v) is 20.0. The Labute approximate surface area is 205 Å². The third kappa shape index (κ3) is 8.49. The highest BCUT2D eigenvalue weighted by Gasteiger charge is 2.35. The molecule has 0 bridgehead atoms. The number of esters is 1. The highest BCUT2D eigenvalue weighted by Crippen LogP contribution is 2.14. The number of amides is 5. The van der Waals surface area contributed by atoms with E-state index in [-0.39, 0.29) is 48.7 Å². The second kappa shape index (κ2) is 11.9. The van der Waals surface area contributed by atoms with Gasteiger partial charge in [0.1, 0.15) is 18.7 Å². The Kier molecular flexibility index (Phi) is 9.25. The van der Waals surface area contributed by atoms with Crippen molar-refractivity contribution in [2.24, 2.45) is 0 Å². The molecule has 0 saturated carbocycles. The first-order chi connectivity index (χ1) is 16.8. The van der Waals surface area contributed by atoms with Crippen LogP contribution in [0.15, 0.2) is 0 Å². The van der Waals surface area contributed by atoms with E-state index in [9.17, 15) is 38.4 Å². The maximum Gasteiger partial charge on any atom is 0.384 e. The molecule has 14 nitrogen and oxygen atoms in total. The van der Waals surface area contributed by atoms with Crippen molar-refractivity contribution in [1.82, 2.24) is 15.0 Å². The van der Waals surface area contributed by atoms with Crippen molar-refractivity contribution < 1.29 is 52.8 Å². The molecule has 0 radical (unpaired) electrons. The van der Waals surface area contributed by atoms with E-state index in [0.29, 0.717) is 4.90 Å². The fourth-order valence-electron chi connectivity index (χ4n) is 2.89. The van der Waals surface area contributed by atoms with E-state index in [1.165, 1.54) is 0 Å². The fraction of sp³-hybridized carbons (Fsp3) is 0.545. The summed E-state index contributed by atoms with van der Waals surface area (Å²) < 4.78 is 5.01. The number of imide groups is 2. The summed E-state index contributed by atoms with van der Waals surface area (Å²) in [6.07, 6.45) is -1.07. The summed E-state index contributed by atoms with van der Waals surface area (Å²) in [6.45, 7) is 3.22. The van der Waals surface area contributed by atoms with Gasteiger partial charge in [-0.2, -0.15) is 0 Å². The Morgan fingerprint density at radius 1 is 0.806 bits per heavy atom. The standard InChI is InChI=1S/C22H25N3O11/c1-22(2,3)34-19(31)7-5-4-6-14(26)23(12-20(32)35-24-15(27)8-9-16(24)28)13-21(33)36-25-17(29)10-11-18(25)30/h4,6,8-13H2,1-3H3. The first-order valence-electron chi connectivity index (χ1n) is 10.9. The molecule has 0 aromatic carbocycles. The first-order valence-corrected chi connectivity index (χ1v) is 10.9. The van der Waals surface area contributed by atoms with Crippen LogP contribution in [-0.2, 0) is 52.8 Å². The van der Waals surface area contributed by atoms with Gasteiger partial charge in [0, 0.05) is 44.4 Å². The molecule has 36 heavy (non-hydrogen) atoms. The molecule has 2 fully saturated rings. The Hall–Kier alpha value is -4.28. The molecule has 0 atom stereocenters. The van der Waals surface area contributed by atoms with Gasteiger partial charge in [-0.05, 0) is 20.8 Å². The maximum absolute atomic E-state index is 12.7. The molecular weight excluding hydrogens is 482 g/mol. The van der Waals surface area contributed by atoms with Crippen LogP contribution in [0.25, 0.3) is 0 Å². The molecule has 194 valence electrons. The van der Waals surface area contributed by atoms with Gasteiger partial charge in [-0.25, -0.2) is 14.4 Å². The second-order valence-electron chi connectivity index (χ2n) is 8.64. The van der Waals surface area contributed by atoms with E-state index in [4.69, 9.17) is 14.4 Å². The third-order valence-electron chi connectivity index (χ3n) is 4.44. The van der Waals surface area contributed by atoms with Crippen molar-refractivity contribution in [1.29, 1.82) is 0 Å². The predicted octanol–water partition coefficient (Wildman–Crippen LogP) is -0.845.